The Morgan fingerprint density at radius 2 is 2.10 bits per heavy atom. The molecule has 1 atom stereocenters. The fraction of sp³-hybridized carbons (Fsp3) is 0.350. The van der Waals surface area contributed by atoms with Gasteiger partial charge < -0.3 is 10.2 Å². The van der Waals surface area contributed by atoms with E-state index in [1.165, 1.54) is 22.5 Å². The van der Waals surface area contributed by atoms with Gasteiger partial charge in [-0.2, -0.15) is 0 Å². The topological polar surface area (TPSA) is 78.5 Å². The molecule has 1 amide bonds. The van der Waals surface area contributed by atoms with Crippen molar-refractivity contribution in [3.63, 3.8) is 0 Å². The zero-order chi connectivity index (χ0) is 20.6. The van der Waals surface area contributed by atoms with E-state index in [1.807, 2.05) is 25.2 Å². The average molecular weight is 452 g/mol. The molecule has 2 aliphatic rings. The summed E-state index contributed by atoms with van der Waals surface area (Å²) in [7, 11) is -1.67. The van der Waals surface area contributed by atoms with Crippen molar-refractivity contribution in [1.29, 1.82) is 0 Å². The van der Waals surface area contributed by atoms with Gasteiger partial charge in [0.05, 0.1) is 10.1 Å². The summed E-state index contributed by atoms with van der Waals surface area (Å²) >= 11 is 7.24. The minimum Gasteiger partial charge on any atom is -0.313 e. The fourth-order valence-corrected chi connectivity index (χ4v) is 6.13. The van der Waals surface area contributed by atoms with E-state index < -0.39 is 10.0 Å². The number of carbonyl (C=O) groups is 1. The lowest BCUT2D eigenvalue weighted by atomic mass is 10.1. The number of aryl methyl sites for hydroxylation is 2. The Kier molecular flexibility index (Phi) is 5.70. The Morgan fingerprint density at radius 3 is 2.83 bits per heavy atom. The lowest BCUT2D eigenvalue weighted by Crippen LogP contribution is -2.34. The molecule has 6 nitrogen and oxygen atoms in total. The van der Waals surface area contributed by atoms with E-state index in [9.17, 15) is 13.2 Å². The Labute approximate surface area is 179 Å². The second-order valence-electron chi connectivity index (χ2n) is 7.17. The first kappa shape index (κ1) is 20.4. The van der Waals surface area contributed by atoms with Gasteiger partial charge in [-0.05, 0) is 67.8 Å². The quantitative estimate of drug-likeness (QED) is 0.678. The van der Waals surface area contributed by atoms with Crippen molar-refractivity contribution in [2.75, 3.05) is 24.2 Å². The maximum atomic E-state index is 12.8. The van der Waals surface area contributed by atoms with Gasteiger partial charge in [0.25, 0.3) is 5.91 Å². The largest absolute Gasteiger partial charge is 0.313 e. The van der Waals surface area contributed by atoms with Crippen LogP contribution in [-0.4, -0.2) is 33.7 Å². The highest BCUT2D eigenvalue weighted by Crippen LogP contribution is 2.34. The standard InChI is InChI=1S/C20H22ClN3O3S2/c1-22-17-6-2-13-12-14(3-5-16(13)17)24-10-8-18(20(24)25)23-29(26,27)11-9-15-4-7-19(21)28-15/h3-5,7-8,12,17,22-23H,2,6,9-11H2,1H3. The molecule has 2 heterocycles. The highest BCUT2D eigenvalue weighted by molar-refractivity contribution is 7.89. The summed E-state index contributed by atoms with van der Waals surface area (Å²) in [5.74, 6) is -0.422. The number of nitrogens with zero attached hydrogens (tertiary/aromatic N) is 1. The molecule has 1 aromatic heterocycles. The Hall–Kier alpha value is -1.87. The van der Waals surface area contributed by atoms with E-state index in [4.69, 9.17) is 11.6 Å². The summed E-state index contributed by atoms with van der Waals surface area (Å²) in [6.45, 7) is 0.353. The predicted molar refractivity (Wildman–Crippen MR) is 117 cm³/mol. The number of anilines is 1. The van der Waals surface area contributed by atoms with E-state index in [-0.39, 0.29) is 17.4 Å². The normalized spacial score (nSPS) is 18.8. The van der Waals surface area contributed by atoms with Crippen LogP contribution in [0.1, 0.15) is 28.5 Å². The van der Waals surface area contributed by atoms with Crippen LogP contribution in [0, 0.1) is 0 Å². The molecule has 9 heteroatoms. The van der Waals surface area contributed by atoms with Crippen molar-refractivity contribution >= 4 is 44.6 Å². The number of sulfonamides is 1. The molecule has 1 aliphatic carbocycles. The molecule has 1 aromatic carbocycles. The molecule has 0 radical (unpaired) electrons. The first-order valence-corrected chi connectivity index (χ1v) is 12.3. The Morgan fingerprint density at radius 1 is 1.28 bits per heavy atom. The number of carbonyl (C=O) groups excluding carboxylic acids is 1. The average Bonchev–Trinajstić information content (AvgIpc) is 3.39. The summed E-state index contributed by atoms with van der Waals surface area (Å²) in [4.78, 5) is 15.3. The summed E-state index contributed by atoms with van der Waals surface area (Å²) in [5, 5.41) is 3.30. The molecule has 2 aromatic rings. The van der Waals surface area contributed by atoms with Gasteiger partial charge in [0.2, 0.25) is 10.0 Å². The second-order valence-corrected chi connectivity index (χ2v) is 10.8. The molecule has 0 saturated carbocycles. The van der Waals surface area contributed by atoms with Crippen LogP contribution >= 0.6 is 22.9 Å². The predicted octanol–water partition coefficient (Wildman–Crippen LogP) is 3.00. The van der Waals surface area contributed by atoms with Gasteiger partial charge in [-0.25, -0.2) is 8.42 Å². The van der Waals surface area contributed by atoms with Crippen LogP contribution in [0.4, 0.5) is 5.69 Å². The maximum absolute atomic E-state index is 12.8. The molecule has 4 rings (SSSR count). The zero-order valence-corrected chi connectivity index (χ0v) is 18.3. The van der Waals surface area contributed by atoms with Crippen LogP contribution < -0.4 is 14.9 Å². The van der Waals surface area contributed by atoms with Gasteiger partial charge in [0, 0.05) is 23.2 Å². The van der Waals surface area contributed by atoms with Gasteiger partial charge in [-0.15, -0.1) is 11.3 Å². The summed E-state index contributed by atoms with van der Waals surface area (Å²) in [6.07, 6.45) is 4.00. The highest BCUT2D eigenvalue weighted by Gasteiger charge is 2.29. The number of benzene rings is 1. The zero-order valence-electron chi connectivity index (χ0n) is 15.9. The maximum Gasteiger partial charge on any atom is 0.275 e. The molecule has 154 valence electrons. The van der Waals surface area contributed by atoms with E-state index in [2.05, 4.69) is 16.1 Å². The van der Waals surface area contributed by atoms with Crippen LogP contribution in [0.25, 0.3) is 0 Å². The molecule has 0 bridgehead atoms. The Bertz CT molecular complexity index is 1080. The van der Waals surface area contributed by atoms with Crippen molar-refractivity contribution in [2.45, 2.75) is 25.3 Å². The number of thiophene rings is 1. The molecule has 0 fully saturated rings. The molecule has 2 N–H and O–H groups in total. The SMILES string of the molecule is CNC1CCc2cc(N3CC=C(NS(=O)(=O)CCc4ccc(Cl)s4)C3=O)ccc21. The van der Waals surface area contributed by atoms with E-state index in [1.54, 1.807) is 17.0 Å². The van der Waals surface area contributed by atoms with Crippen LogP contribution in [-0.2, 0) is 27.7 Å². The van der Waals surface area contributed by atoms with Crippen molar-refractivity contribution in [2.24, 2.45) is 0 Å². The minimum atomic E-state index is -3.62. The van der Waals surface area contributed by atoms with E-state index in [0.29, 0.717) is 23.3 Å². The van der Waals surface area contributed by atoms with Crippen LogP contribution in [0.5, 0.6) is 0 Å². The number of fused-ring (bicyclic) bond motifs is 1. The van der Waals surface area contributed by atoms with Crippen LogP contribution in [0.2, 0.25) is 4.34 Å². The summed E-state index contributed by atoms with van der Waals surface area (Å²) in [6, 6.07) is 9.94. The lowest BCUT2D eigenvalue weighted by Gasteiger charge is -2.19. The third-order valence-electron chi connectivity index (χ3n) is 5.33. The molecular weight excluding hydrogens is 430 g/mol. The van der Waals surface area contributed by atoms with Gasteiger partial charge in [-0.1, -0.05) is 17.7 Å². The number of hydrogen-bond acceptors (Lipinski definition) is 5. The summed E-state index contributed by atoms with van der Waals surface area (Å²) < 4.78 is 27.9. The van der Waals surface area contributed by atoms with E-state index >= 15 is 0 Å². The van der Waals surface area contributed by atoms with Crippen molar-refractivity contribution in [3.8, 4) is 0 Å². The second kappa shape index (κ2) is 8.10. The van der Waals surface area contributed by atoms with Gasteiger partial charge >= 0.3 is 0 Å². The fourth-order valence-electron chi connectivity index (χ4n) is 3.82. The third kappa shape index (κ3) is 4.35. The van der Waals surface area contributed by atoms with Gasteiger partial charge in [-0.3, -0.25) is 9.52 Å². The number of nitrogens with one attached hydrogen (secondary N) is 2. The van der Waals surface area contributed by atoms with E-state index in [0.717, 1.165) is 23.4 Å². The molecule has 29 heavy (non-hydrogen) atoms. The molecule has 0 spiro atoms. The monoisotopic (exact) mass is 451 g/mol. The number of halogens is 1. The number of hydrogen-bond donors (Lipinski definition) is 2. The Balaban J connectivity index is 1.41. The van der Waals surface area contributed by atoms with Crippen LogP contribution in [0.15, 0.2) is 42.1 Å². The first-order valence-electron chi connectivity index (χ1n) is 9.43. The first-order chi connectivity index (χ1) is 13.9. The highest BCUT2D eigenvalue weighted by atomic mass is 35.5. The minimum absolute atomic E-state index is 0.0985. The van der Waals surface area contributed by atoms with Gasteiger partial charge in [0.15, 0.2) is 0 Å². The molecule has 1 unspecified atom stereocenters. The molecule has 0 saturated heterocycles. The van der Waals surface area contributed by atoms with Crippen molar-refractivity contribution in [3.05, 3.63) is 62.4 Å². The van der Waals surface area contributed by atoms with Crippen LogP contribution in [0.3, 0.4) is 0 Å². The lowest BCUT2D eigenvalue weighted by molar-refractivity contribution is -0.114. The number of rotatable bonds is 7. The molecular formula is C20H22ClN3O3S2. The van der Waals surface area contributed by atoms with Crippen molar-refractivity contribution in [1.82, 2.24) is 10.0 Å². The number of amides is 1. The third-order valence-corrected chi connectivity index (χ3v) is 7.89. The summed E-state index contributed by atoms with van der Waals surface area (Å²) in [5.41, 5.74) is 3.41. The smallest absolute Gasteiger partial charge is 0.275 e. The van der Waals surface area contributed by atoms with Gasteiger partial charge in [0.1, 0.15) is 5.70 Å². The van der Waals surface area contributed by atoms with Crippen molar-refractivity contribution < 1.29 is 13.2 Å². The molecule has 1 aliphatic heterocycles.